The second-order valence-corrected chi connectivity index (χ2v) is 5.91. The topological polar surface area (TPSA) is 12.0 Å². The summed E-state index contributed by atoms with van der Waals surface area (Å²) in [6.45, 7) is 1.30. The summed E-state index contributed by atoms with van der Waals surface area (Å²) in [5.74, 6) is 1.04. The smallest absolute Gasteiger partial charge is 0.00962 e. The maximum atomic E-state index is 3.68. The standard InChI is InChI=1S/C13H23N/c1-2-6-13(7-3-1)8-4-12-11(10-13)5-9-14-12/h11-12,14H,1-10H2. The minimum absolute atomic E-state index is 0.811. The molecule has 80 valence electrons. The Morgan fingerprint density at radius 1 is 0.929 bits per heavy atom. The van der Waals surface area contributed by atoms with Crippen molar-refractivity contribution in [3.63, 3.8) is 0 Å². The lowest BCUT2D eigenvalue weighted by molar-refractivity contribution is 0.0806. The Labute approximate surface area is 87.7 Å². The highest BCUT2D eigenvalue weighted by molar-refractivity contribution is 4.97. The van der Waals surface area contributed by atoms with Gasteiger partial charge in [0.25, 0.3) is 0 Å². The van der Waals surface area contributed by atoms with Gasteiger partial charge in [-0.3, -0.25) is 0 Å². The van der Waals surface area contributed by atoms with Crippen LogP contribution in [0.25, 0.3) is 0 Å². The van der Waals surface area contributed by atoms with Gasteiger partial charge >= 0.3 is 0 Å². The molecule has 1 heteroatoms. The molecule has 0 aromatic carbocycles. The fourth-order valence-electron chi connectivity index (χ4n) is 4.28. The number of rotatable bonds is 0. The van der Waals surface area contributed by atoms with Gasteiger partial charge in [-0.15, -0.1) is 0 Å². The van der Waals surface area contributed by atoms with Crippen LogP contribution >= 0.6 is 0 Å². The third-order valence-electron chi connectivity index (χ3n) is 5.09. The molecule has 1 aliphatic heterocycles. The Morgan fingerprint density at radius 3 is 2.64 bits per heavy atom. The third-order valence-corrected chi connectivity index (χ3v) is 5.09. The van der Waals surface area contributed by atoms with Crippen molar-refractivity contribution in [2.24, 2.45) is 11.3 Å². The van der Waals surface area contributed by atoms with E-state index in [1.807, 2.05) is 0 Å². The number of hydrogen-bond acceptors (Lipinski definition) is 1. The van der Waals surface area contributed by atoms with Crippen molar-refractivity contribution in [1.82, 2.24) is 5.32 Å². The van der Waals surface area contributed by atoms with E-state index in [-0.39, 0.29) is 0 Å². The zero-order valence-electron chi connectivity index (χ0n) is 9.23. The lowest BCUT2D eigenvalue weighted by Crippen LogP contribution is -2.39. The molecule has 0 aromatic rings. The van der Waals surface area contributed by atoms with Gasteiger partial charge in [-0.05, 0) is 56.4 Å². The highest BCUT2D eigenvalue weighted by Crippen LogP contribution is 2.50. The van der Waals surface area contributed by atoms with Gasteiger partial charge in [0, 0.05) is 6.04 Å². The average molecular weight is 193 g/mol. The molecular weight excluding hydrogens is 170 g/mol. The van der Waals surface area contributed by atoms with Crippen LogP contribution in [0.2, 0.25) is 0 Å². The van der Waals surface area contributed by atoms with Gasteiger partial charge < -0.3 is 5.32 Å². The zero-order valence-corrected chi connectivity index (χ0v) is 9.23. The van der Waals surface area contributed by atoms with Crippen LogP contribution in [0.4, 0.5) is 0 Å². The zero-order chi connectivity index (χ0) is 9.43. The second-order valence-electron chi connectivity index (χ2n) is 5.91. The minimum atomic E-state index is 0.811. The molecule has 2 saturated carbocycles. The molecule has 3 fully saturated rings. The molecule has 0 amide bonds. The Hall–Kier alpha value is -0.0400. The van der Waals surface area contributed by atoms with Gasteiger partial charge in [0.15, 0.2) is 0 Å². The number of nitrogens with one attached hydrogen (secondary N) is 1. The fourth-order valence-corrected chi connectivity index (χ4v) is 4.28. The van der Waals surface area contributed by atoms with E-state index in [1.54, 1.807) is 19.3 Å². The van der Waals surface area contributed by atoms with Crippen molar-refractivity contribution in [3.05, 3.63) is 0 Å². The highest BCUT2D eigenvalue weighted by atomic mass is 15.0. The predicted octanol–water partition coefficient (Wildman–Crippen LogP) is 3.10. The van der Waals surface area contributed by atoms with Gasteiger partial charge in [-0.2, -0.15) is 0 Å². The first-order valence-corrected chi connectivity index (χ1v) is 6.61. The first-order valence-electron chi connectivity index (χ1n) is 6.61. The summed E-state index contributed by atoms with van der Waals surface area (Å²) in [6, 6.07) is 0.905. The first kappa shape index (κ1) is 9.21. The van der Waals surface area contributed by atoms with E-state index in [0.717, 1.165) is 17.4 Å². The summed E-state index contributed by atoms with van der Waals surface area (Å²) in [6.07, 6.45) is 13.7. The molecule has 0 aromatic heterocycles. The van der Waals surface area contributed by atoms with Crippen molar-refractivity contribution in [1.29, 1.82) is 0 Å². The summed E-state index contributed by atoms with van der Waals surface area (Å²) in [5, 5.41) is 3.68. The molecule has 3 rings (SSSR count). The van der Waals surface area contributed by atoms with E-state index in [2.05, 4.69) is 5.32 Å². The monoisotopic (exact) mass is 193 g/mol. The lowest BCUT2D eigenvalue weighted by Gasteiger charge is -2.45. The van der Waals surface area contributed by atoms with Gasteiger partial charge in [0.1, 0.15) is 0 Å². The molecule has 2 atom stereocenters. The van der Waals surface area contributed by atoms with Crippen LogP contribution < -0.4 is 5.32 Å². The number of fused-ring (bicyclic) bond motifs is 1. The van der Waals surface area contributed by atoms with Crippen LogP contribution in [-0.2, 0) is 0 Å². The van der Waals surface area contributed by atoms with Gasteiger partial charge in [0.2, 0.25) is 0 Å². The van der Waals surface area contributed by atoms with E-state index in [0.29, 0.717) is 0 Å². The molecule has 1 N–H and O–H groups in total. The Balaban J connectivity index is 1.70. The fraction of sp³-hybridized carbons (Fsp3) is 1.00. The van der Waals surface area contributed by atoms with Crippen LogP contribution in [-0.4, -0.2) is 12.6 Å². The molecule has 2 unspecified atom stereocenters. The maximum Gasteiger partial charge on any atom is 0.00962 e. The highest BCUT2D eigenvalue weighted by Gasteiger charge is 2.42. The van der Waals surface area contributed by atoms with Gasteiger partial charge in [-0.25, -0.2) is 0 Å². The van der Waals surface area contributed by atoms with E-state index in [4.69, 9.17) is 0 Å². The van der Waals surface area contributed by atoms with Crippen molar-refractivity contribution >= 4 is 0 Å². The molecule has 1 nitrogen and oxygen atoms in total. The number of hydrogen-bond donors (Lipinski definition) is 1. The first-order chi connectivity index (χ1) is 6.88. The van der Waals surface area contributed by atoms with Gasteiger partial charge in [0.05, 0.1) is 0 Å². The van der Waals surface area contributed by atoms with Crippen molar-refractivity contribution in [3.8, 4) is 0 Å². The van der Waals surface area contributed by atoms with Crippen molar-refractivity contribution in [2.75, 3.05) is 6.54 Å². The van der Waals surface area contributed by atoms with E-state index in [9.17, 15) is 0 Å². The van der Waals surface area contributed by atoms with Crippen LogP contribution in [0.3, 0.4) is 0 Å². The Kier molecular flexibility index (Phi) is 2.31. The van der Waals surface area contributed by atoms with Gasteiger partial charge in [-0.1, -0.05) is 19.3 Å². The Morgan fingerprint density at radius 2 is 1.79 bits per heavy atom. The largest absolute Gasteiger partial charge is 0.314 e. The summed E-state index contributed by atoms with van der Waals surface area (Å²) in [7, 11) is 0. The van der Waals surface area contributed by atoms with E-state index >= 15 is 0 Å². The van der Waals surface area contributed by atoms with Crippen LogP contribution in [0, 0.1) is 11.3 Å². The molecule has 14 heavy (non-hydrogen) atoms. The lowest BCUT2D eigenvalue weighted by atomic mass is 9.61. The van der Waals surface area contributed by atoms with E-state index < -0.39 is 0 Å². The third kappa shape index (κ3) is 1.50. The molecule has 0 radical (unpaired) electrons. The predicted molar refractivity (Wildman–Crippen MR) is 59.3 cm³/mol. The van der Waals surface area contributed by atoms with Crippen molar-refractivity contribution < 1.29 is 0 Å². The quantitative estimate of drug-likeness (QED) is 0.623. The molecule has 0 bridgehead atoms. The molecule has 2 aliphatic carbocycles. The summed E-state index contributed by atoms with van der Waals surface area (Å²) < 4.78 is 0. The Bertz CT molecular complexity index is 205. The maximum absolute atomic E-state index is 3.68. The van der Waals surface area contributed by atoms with Crippen LogP contribution in [0.5, 0.6) is 0 Å². The normalized spacial score (nSPS) is 41.1. The molecule has 1 spiro atoms. The van der Waals surface area contributed by atoms with Crippen molar-refractivity contribution in [2.45, 2.75) is 63.8 Å². The summed E-state index contributed by atoms with van der Waals surface area (Å²) in [5.41, 5.74) is 0.811. The SMILES string of the molecule is C1CCC2(CC1)CCC1NCCC1C2. The second kappa shape index (κ2) is 3.52. The molecule has 3 aliphatic rings. The molecular formula is C13H23N. The molecule has 1 heterocycles. The van der Waals surface area contributed by atoms with Crippen LogP contribution in [0.15, 0.2) is 0 Å². The summed E-state index contributed by atoms with van der Waals surface area (Å²) in [4.78, 5) is 0. The summed E-state index contributed by atoms with van der Waals surface area (Å²) >= 11 is 0. The van der Waals surface area contributed by atoms with E-state index in [1.165, 1.54) is 45.1 Å². The van der Waals surface area contributed by atoms with Crippen LogP contribution in [0.1, 0.15) is 57.8 Å². The minimum Gasteiger partial charge on any atom is -0.314 e. The average Bonchev–Trinajstić information content (AvgIpc) is 2.66. The molecule has 1 saturated heterocycles.